The topological polar surface area (TPSA) is 44.8 Å². The van der Waals surface area contributed by atoms with Crippen LogP contribution in [0.3, 0.4) is 0 Å². The standard InChI is InChI=1S/C31H49FO4/c1-4-6-7-8-9-10-23-11-15-25(16-12-23)26-17-13-24(14-18-26)21-28(33)27-19-20-29(35-5-2)30(32)31(27)36-22-34-3/h19-20,23-26H,4-18,21-22H2,1-3H3. The van der Waals surface area contributed by atoms with Crippen molar-refractivity contribution in [2.45, 2.75) is 110 Å². The Morgan fingerprint density at radius 2 is 1.50 bits per heavy atom. The van der Waals surface area contributed by atoms with Crippen molar-refractivity contribution in [1.82, 2.24) is 0 Å². The molecule has 204 valence electrons. The molecule has 1 aromatic carbocycles. The molecule has 2 fully saturated rings. The van der Waals surface area contributed by atoms with Crippen molar-refractivity contribution in [3.63, 3.8) is 0 Å². The maximum atomic E-state index is 14.9. The van der Waals surface area contributed by atoms with Crippen LogP contribution in [-0.2, 0) is 4.74 Å². The largest absolute Gasteiger partial charge is 0.491 e. The molecule has 2 aliphatic rings. The van der Waals surface area contributed by atoms with Crippen molar-refractivity contribution in [2.24, 2.45) is 23.7 Å². The van der Waals surface area contributed by atoms with Gasteiger partial charge in [0.05, 0.1) is 12.2 Å². The summed E-state index contributed by atoms with van der Waals surface area (Å²) in [4.78, 5) is 13.2. The lowest BCUT2D eigenvalue weighted by Gasteiger charge is -2.38. The van der Waals surface area contributed by atoms with Crippen LogP contribution in [-0.4, -0.2) is 26.3 Å². The number of ether oxygens (including phenoxy) is 3. The van der Waals surface area contributed by atoms with Crippen molar-refractivity contribution in [3.8, 4) is 11.5 Å². The number of methoxy groups -OCH3 is 1. The molecule has 0 heterocycles. The van der Waals surface area contributed by atoms with Gasteiger partial charge in [0.15, 0.2) is 24.1 Å². The lowest BCUT2D eigenvalue weighted by Crippen LogP contribution is -2.26. The van der Waals surface area contributed by atoms with Crippen molar-refractivity contribution in [1.29, 1.82) is 0 Å². The van der Waals surface area contributed by atoms with Gasteiger partial charge in [-0.15, -0.1) is 0 Å². The SMILES string of the molecule is CCCCCCCC1CCC(C2CCC(CC(=O)c3ccc(OCC)c(F)c3OCOC)CC2)CC1. The Hall–Kier alpha value is -1.62. The summed E-state index contributed by atoms with van der Waals surface area (Å²) in [5, 5.41) is 0. The van der Waals surface area contributed by atoms with Gasteiger partial charge in [-0.2, -0.15) is 4.39 Å². The van der Waals surface area contributed by atoms with Gasteiger partial charge in [-0.25, -0.2) is 0 Å². The van der Waals surface area contributed by atoms with Crippen LogP contribution in [0.4, 0.5) is 4.39 Å². The number of carbonyl (C=O) groups is 1. The van der Waals surface area contributed by atoms with E-state index in [1.165, 1.54) is 90.2 Å². The normalized spacial score (nSPS) is 24.4. The number of halogens is 1. The number of benzene rings is 1. The lowest BCUT2D eigenvalue weighted by atomic mass is 9.68. The zero-order valence-corrected chi connectivity index (χ0v) is 23.0. The highest BCUT2D eigenvalue weighted by Gasteiger charge is 2.32. The molecule has 4 nitrogen and oxygen atoms in total. The number of hydrogen-bond donors (Lipinski definition) is 0. The van der Waals surface area contributed by atoms with E-state index in [9.17, 15) is 9.18 Å². The van der Waals surface area contributed by atoms with E-state index in [0.717, 1.165) is 30.6 Å². The number of unbranched alkanes of at least 4 members (excludes halogenated alkanes) is 4. The van der Waals surface area contributed by atoms with Gasteiger partial charge in [-0.3, -0.25) is 4.79 Å². The first-order valence-corrected chi connectivity index (χ1v) is 14.7. The highest BCUT2D eigenvalue weighted by molar-refractivity contribution is 5.99. The molecule has 1 aromatic rings. The van der Waals surface area contributed by atoms with Gasteiger partial charge in [-0.05, 0) is 81.3 Å². The van der Waals surface area contributed by atoms with E-state index >= 15 is 0 Å². The minimum Gasteiger partial charge on any atom is -0.491 e. The van der Waals surface area contributed by atoms with E-state index in [2.05, 4.69) is 6.92 Å². The number of hydrogen-bond acceptors (Lipinski definition) is 4. The van der Waals surface area contributed by atoms with Crippen LogP contribution >= 0.6 is 0 Å². The Bertz CT molecular complexity index is 779. The van der Waals surface area contributed by atoms with Gasteiger partial charge in [0, 0.05) is 13.5 Å². The number of rotatable bonds is 15. The van der Waals surface area contributed by atoms with Gasteiger partial charge in [0.25, 0.3) is 0 Å². The summed E-state index contributed by atoms with van der Waals surface area (Å²) in [5.74, 6) is 2.41. The third kappa shape index (κ3) is 8.46. The summed E-state index contributed by atoms with van der Waals surface area (Å²) in [5.41, 5.74) is 0.295. The van der Waals surface area contributed by atoms with E-state index in [-0.39, 0.29) is 24.1 Å². The summed E-state index contributed by atoms with van der Waals surface area (Å²) in [7, 11) is 1.48. The average molecular weight is 505 g/mol. The summed E-state index contributed by atoms with van der Waals surface area (Å²) in [6.45, 7) is 4.31. The fourth-order valence-electron chi connectivity index (χ4n) is 6.50. The van der Waals surface area contributed by atoms with Gasteiger partial charge in [0.2, 0.25) is 5.82 Å². The van der Waals surface area contributed by atoms with Crippen LogP contribution in [0.2, 0.25) is 0 Å². The maximum absolute atomic E-state index is 14.9. The van der Waals surface area contributed by atoms with Crippen molar-refractivity contribution >= 4 is 5.78 Å². The van der Waals surface area contributed by atoms with E-state index in [0.29, 0.717) is 24.5 Å². The predicted molar refractivity (Wildman–Crippen MR) is 143 cm³/mol. The van der Waals surface area contributed by atoms with E-state index in [1.54, 1.807) is 13.0 Å². The van der Waals surface area contributed by atoms with Gasteiger partial charge >= 0.3 is 0 Å². The second-order valence-electron chi connectivity index (χ2n) is 11.1. The molecular formula is C31H49FO4. The molecule has 0 radical (unpaired) electrons. The maximum Gasteiger partial charge on any atom is 0.207 e. The number of ketones is 1. The molecule has 3 rings (SSSR count). The second-order valence-corrected chi connectivity index (χ2v) is 11.1. The van der Waals surface area contributed by atoms with Crippen molar-refractivity contribution in [2.75, 3.05) is 20.5 Å². The summed E-state index contributed by atoms with van der Waals surface area (Å²) in [6, 6.07) is 3.17. The Morgan fingerprint density at radius 1 is 0.861 bits per heavy atom. The summed E-state index contributed by atoms with van der Waals surface area (Å²) >= 11 is 0. The first kappa shape index (κ1) is 28.9. The lowest BCUT2D eigenvalue weighted by molar-refractivity contribution is 0.0467. The number of carbonyl (C=O) groups excluding carboxylic acids is 1. The highest BCUT2D eigenvalue weighted by Crippen LogP contribution is 2.43. The Labute approximate surface area is 218 Å². The molecule has 0 aliphatic heterocycles. The van der Waals surface area contributed by atoms with Crippen LogP contribution in [0.15, 0.2) is 12.1 Å². The summed E-state index contributed by atoms with van der Waals surface area (Å²) in [6.07, 6.45) is 19.2. The summed E-state index contributed by atoms with van der Waals surface area (Å²) < 4.78 is 30.7. The smallest absolute Gasteiger partial charge is 0.207 e. The molecule has 0 unspecified atom stereocenters. The first-order chi connectivity index (χ1) is 17.6. The Balaban J connectivity index is 1.44. The molecule has 2 aliphatic carbocycles. The molecule has 0 saturated heterocycles. The van der Waals surface area contributed by atoms with Crippen molar-refractivity contribution in [3.05, 3.63) is 23.5 Å². The first-order valence-electron chi connectivity index (χ1n) is 14.7. The third-order valence-electron chi connectivity index (χ3n) is 8.62. The van der Waals surface area contributed by atoms with E-state index in [4.69, 9.17) is 14.2 Å². The molecule has 0 aromatic heterocycles. The monoisotopic (exact) mass is 504 g/mol. The van der Waals surface area contributed by atoms with Crippen LogP contribution in [0, 0.1) is 29.5 Å². The van der Waals surface area contributed by atoms with Crippen LogP contribution < -0.4 is 9.47 Å². The zero-order chi connectivity index (χ0) is 25.8. The molecule has 0 spiro atoms. The molecule has 0 bridgehead atoms. The molecule has 36 heavy (non-hydrogen) atoms. The Morgan fingerprint density at radius 3 is 2.11 bits per heavy atom. The fourth-order valence-corrected chi connectivity index (χ4v) is 6.50. The number of Topliss-reactive ketones (excluding diaryl/α,β-unsaturated/α-hetero) is 1. The van der Waals surface area contributed by atoms with Crippen LogP contribution in [0.5, 0.6) is 11.5 Å². The minimum atomic E-state index is -0.625. The van der Waals surface area contributed by atoms with Gasteiger partial charge < -0.3 is 14.2 Å². The molecule has 0 N–H and O–H groups in total. The van der Waals surface area contributed by atoms with E-state index in [1.807, 2.05) is 0 Å². The second kappa shape index (κ2) is 15.6. The molecular weight excluding hydrogens is 455 g/mol. The van der Waals surface area contributed by atoms with Gasteiger partial charge in [-0.1, -0.05) is 58.3 Å². The van der Waals surface area contributed by atoms with Gasteiger partial charge in [0.1, 0.15) is 0 Å². The Kier molecular flexibility index (Phi) is 12.5. The third-order valence-corrected chi connectivity index (χ3v) is 8.62. The quantitative estimate of drug-likeness (QED) is 0.136. The fraction of sp³-hybridized carbons (Fsp3) is 0.774. The molecule has 0 amide bonds. The van der Waals surface area contributed by atoms with Crippen molar-refractivity contribution < 1.29 is 23.4 Å². The van der Waals surface area contributed by atoms with Crippen LogP contribution in [0.25, 0.3) is 0 Å². The average Bonchev–Trinajstić information content (AvgIpc) is 2.90. The molecule has 2 saturated carbocycles. The zero-order valence-electron chi connectivity index (χ0n) is 23.0. The molecule has 5 heteroatoms. The molecule has 0 atom stereocenters. The van der Waals surface area contributed by atoms with E-state index < -0.39 is 5.82 Å². The van der Waals surface area contributed by atoms with Crippen LogP contribution in [0.1, 0.15) is 121 Å². The minimum absolute atomic E-state index is 0.0500. The predicted octanol–water partition coefficient (Wildman–Crippen LogP) is 8.75. The highest BCUT2D eigenvalue weighted by atomic mass is 19.1.